The molecule has 1 aromatic carbocycles. The van der Waals surface area contributed by atoms with Gasteiger partial charge in [-0.25, -0.2) is 0 Å². The zero-order valence-corrected chi connectivity index (χ0v) is 12.0. The summed E-state index contributed by atoms with van der Waals surface area (Å²) >= 11 is 7.49. The van der Waals surface area contributed by atoms with Crippen molar-refractivity contribution in [2.45, 2.75) is 19.8 Å². The fourth-order valence-electron chi connectivity index (χ4n) is 1.82. The summed E-state index contributed by atoms with van der Waals surface area (Å²) in [6.45, 7) is 4.12. The Bertz CT molecular complexity index is 746. The Morgan fingerprint density at radius 1 is 1.32 bits per heavy atom. The lowest BCUT2D eigenvalue weighted by molar-refractivity contribution is 0.727. The van der Waals surface area contributed by atoms with Crippen LogP contribution in [0.1, 0.15) is 25.6 Å². The first-order chi connectivity index (χ1) is 9.08. The molecule has 0 saturated carbocycles. The van der Waals surface area contributed by atoms with E-state index < -0.39 is 0 Å². The van der Waals surface area contributed by atoms with E-state index in [9.17, 15) is 0 Å². The fourth-order valence-corrected chi connectivity index (χ4v) is 2.88. The van der Waals surface area contributed by atoms with Crippen molar-refractivity contribution in [3.05, 3.63) is 29.0 Å². The topological polar surface area (TPSA) is 69.1 Å². The van der Waals surface area contributed by atoms with Crippen LogP contribution in [0.3, 0.4) is 0 Å². The summed E-state index contributed by atoms with van der Waals surface area (Å²) in [5.41, 5.74) is 7.37. The molecule has 19 heavy (non-hydrogen) atoms. The van der Waals surface area contributed by atoms with Crippen molar-refractivity contribution >= 4 is 33.6 Å². The number of hydrogen-bond acceptors (Lipinski definition) is 5. The smallest absolute Gasteiger partial charge is 0.234 e. The van der Waals surface area contributed by atoms with E-state index in [1.807, 2.05) is 12.1 Å². The summed E-state index contributed by atoms with van der Waals surface area (Å²) in [6.07, 6.45) is 0. The van der Waals surface area contributed by atoms with E-state index in [2.05, 4.69) is 29.1 Å². The molecule has 0 atom stereocenters. The average Bonchev–Trinajstić information content (AvgIpc) is 2.91. The molecule has 0 spiro atoms. The molecule has 2 aromatic heterocycles. The maximum Gasteiger partial charge on any atom is 0.234 e. The standard InChI is InChI=1S/C12H12ClN5S/c1-6(2)10-15-16-12-18(10)17-11(19-12)7-4-3-5-8(13)9(7)14/h3-6H,14H2,1-2H3. The predicted octanol–water partition coefficient (Wildman–Crippen LogP) is 3.21. The van der Waals surface area contributed by atoms with Crippen LogP contribution >= 0.6 is 22.9 Å². The monoisotopic (exact) mass is 293 g/mol. The molecule has 0 bridgehead atoms. The summed E-state index contributed by atoms with van der Waals surface area (Å²) < 4.78 is 1.77. The van der Waals surface area contributed by atoms with Crippen molar-refractivity contribution in [3.63, 3.8) is 0 Å². The Hall–Kier alpha value is -1.66. The van der Waals surface area contributed by atoms with E-state index in [1.54, 1.807) is 10.6 Å². The molecule has 3 rings (SSSR count). The summed E-state index contributed by atoms with van der Waals surface area (Å²) in [5, 5.41) is 14.1. The van der Waals surface area contributed by atoms with Gasteiger partial charge in [0, 0.05) is 11.5 Å². The Morgan fingerprint density at radius 2 is 2.11 bits per heavy atom. The fraction of sp³-hybridized carbons (Fsp3) is 0.250. The van der Waals surface area contributed by atoms with Crippen LogP contribution in [-0.2, 0) is 0 Å². The minimum absolute atomic E-state index is 0.265. The molecule has 0 amide bonds. The molecular weight excluding hydrogens is 282 g/mol. The van der Waals surface area contributed by atoms with Gasteiger partial charge < -0.3 is 5.73 Å². The SMILES string of the molecule is CC(C)c1nnc2sc(-c3cccc(Cl)c3N)nn12. The van der Waals surface area contributed by atoms with Crippen molar-refractivity contribution in [3.8, 4) is 10.6 Å². The highest BCUT2D eigenvalue weighted by Crippen LogP contribution is 2.34. The number of hydrogen-bond donors (Lipinski definition) is 1. The highest BCUT2D eigenvalue weighted by molar-refractivity contribution is 7.19. The van der Waals surface area contributed by atoms with Gasteiger partial charge in [-0.3, -0.25) is 0 Å². The van der Waals surface area contributed by atoms with Crippen molar-refractivity contribution in [1.29, 1.82) is 0 Å². The third kappa shape index (κ3) is 1.97. The maximum atomic E-state index is 6.04. The van der Waals surface area contributed by atoms with Gasteiger partial charge in [-0.15, -0.1) is 10.2 Å². The lowest BCUT2D eigenvalue weighted by atomic mass is 10.2. The lowest BCUT2D eigenvalue weighted by Crippen LogP contribution is -1.98. The number of nitrogens with zero attached hydrogens (tertiary/aromatic N) is 4. The second kappa shape index (κ2) is 4.47. The van der Waals surface area contributed by atoms with Crippen molar-refractivity contribution in [2.75, 3.05) is 5.73 Å². The van der Waals surface area contributed by atoms with Gasteiger partial charge in [-0.2, -0.15) is 9.61 Å². The second-order valence-electron chi connectivity index (χ2n) is 4.52. The molecule has 0 saturated heterocycles. The van der Waals surface area contributed by atoms with Crippen LogP contribution in [0.4, 0.5) is 5.69 Å². The van der Waals surface area contributed by atoms with Gasteiger partial charge in [0.2, 0.25) is 4.96 Å². The number of nitrogen functional groups attached to an aromatic ring is 1. The Kier molecular flexibility index (Phi) is 2.91. The predicted molar refractivity (Wildman–Crippen MR) is 77.6 cm³/mol. The number of halogens is 1. The molecule has 0 radical (unpaired) electrons. The first kappa shape index (κ1) is 12.4. The second-order valence-corrected chi connectivity index (χ2v) is 5.88. The average molecular weight is 294 g/mol. The number of benzene rings is 1. The van der Waals surface area contributed by atoms with Gasteiger partial charge in [0.05, 0.1) is 10.7 Å². The number of anilines is 1. The van der Waals surface area contributed by atoms with Gasteiger partial charge in [-0.05, 0) is 12.1 Å². The van der Waals surface area contributed by atoms with E-state index >= 15 is 0 Å². The molecule has 2 heterocycles. The van der Waals surface area contributed by atoms with E-state index in [0.29, 0.717) is 10.7 Å². The van der Waals surface area contributed by atoms with Crippen molar-refractivity contribution in [1.82, 2.24) is 19.8 Å². The molecule has 0 aliphatic carbocycles. The first-order valence-corrected chi connectivity index (χ1v) is 7.04. The van der Waals surface area contributed by atoms with Crippen LogP contribution in [0, 0.1) is 0 Å². The number of para-hydroxylation sites is 1. The van der Waals surface area contributed by atoms with E-state index in [4.69, 9.17) is 17.3 Å². The minimum atomic E-state index is 0.265. The van der Waals surface area contributed by atoms with Crippen molar-refractivity contribution < 1.29 is 0 Å². The number of fused-ring (bicyclic) bond motifs is 1. The minimum Gasteiger partial charge on any atom is -0.397 e. The van der Waals surface area contributed by atoms with Gasteiger partial charge in [0.1, 0.15) is 5.01 Å². The van der Waals surface area contributed by atoms with Crippen LogP contribution < -0.4 is 5.73 Å². The number of rotatable bonds is 2. The Labute approximate surface area is 119 Å². The molecule has 0 aliphatic heterocycles. The van der Waals surface area contributed by atoms with E-state index in [0.717, 1.165) is 21.4 Å². The molecule has 0 fully saturated rings. The van der Waals surface area contributed by atoms with Gasteiger partial charge in [0.15, 0.2) is 5.82 Å². The highest BCUT2D eigenvalue weighted by Gasteiger charge is 2.16. The first-order valence-electron chi connectivity index (χ1n) is 5.84. The summed E-state index contributed by atoms with van der Waals surface area (Å²) in [6, 6.07) is 5.53. The number of nitrogens with two attached hydrogens (primary N) is 1. The largest absolute Gasteiger partial charge is 0.397 e. The molecule has 98 valence electrons. The van der Waals surface area contributed by atoms with Crippen LogP contribution in [0.15, 0.2) is 18.2 Å². The summed E-state index contributed by atoms with van der Waals surface area (Å²) in [5.74, 6) is 1.11. The molecule has 0 unspecified atom stereocenters. The Morgan fingerprint density at radius 3 is 2.84 bits per heavy atom. The zero-order valence-electron chi connectivity index (χ0n) is 10.5. The van der Waals surface area contributed by atoms with Crippen LogP contribution in [0.2, 0.25) is 5.02 Å². The van der Waals surface area contributed by atoms with Gasteiger partial charge >= 0.3 is 0 Å². The van der Waals surface area contributed by atoms with E-state index in [1.165, 1.54) is 11.3 Å². The molecule has 3 aromatic rings. The molecular formula is C12H12ClN5S. The quantitative estimate of drug-likeness (QED) is 0.737. The Balaban J connectivity index is 2.18. The summed E-state index contributed by atoms with van der Waals surface area (Å²) in [7, 11) is 0. The third-order valence-corrected chi connectivity index (χ3v) is 4.08. The molecule has 5 nitrogen and oxygen atoms in total. The molecule has 2 N–H and O–H groups in total. The normalized spacial score (nSPS) is 11.6. The third-order valence-electron chi connectivity index (χ3n) is 2.81. The van der Waals surface area contributed by atoms with Crippen LogP contribution in [0.25, 0.3) is 15.5 Å². The van der Waals surface area contributed by atoms with Gasteiger partial charge in [0.25, 0.3) is 0 Å². The van der Waals surface area contributed by atoms with Crippen LogP contribution in [-0.4, -0.2) is 19.8 Å². The van der Waals surface area contributed by atoms with Crippen molar-refractivity contribution in [2.24, 2.45) is 0 Å². The zero-order chi connectivity index (χ0) is 13.6. The highest BCUT2D eigenvalue weighted by atomic mass is 35.5. The lowest BCUT2D eigenvalue weighted by Gasteiger charge is -2.03. The molecule has 0 aliphatic rings. The number of aromatic nitrogens is 4. The molecule has 7 heteroatoms. The summed E-state index contributed by atoms with van der Waals surface area (Å²) in [4.78, 5) is 0.762. The maximum absolute atomic E-state index is 6.04. The van der Waals surface area contributed by atoms with Crippen LogP contribution in [0.5, 0.6) is 0 Å². The van der Waals surface area contributed by atoms with E-state index in [-0.39, 0.29) is 5.92 Å². The van der Waals surface area contributed by atoms with Gasteiger partial charge in [-0.1, -0.05) is 42.9 Å².